The summed E-state index contributed by atoms with van der Waals surface area (Å²) in [6.07, 6.45) is 1.16. The number of rotatable bonds is 8. The lowest BCUT2D eigenvalue weighted by Crippen LogP contribution is -2.55. The van der Waals surface area contributed by atoms with Gasteiger partial charge >= 0.3 is 11.9 Å². The highest BCUT2D eigenvalue weighted by Gasteiger charge is 2.57. The molecular weight excluding hydrogens is 488 g/mol. The van der Waals surface area contributed by atoms with Crippen molar-refractivity contribution in [1.29, 1.82) is 0 Å². The molecule has 1 aromatic rings. The van der Waals surface area contributed by atoms with Crippen LogP contribution in [0.2, 0.25) is 0 Å². The van der Waals surface area contributed by atoms with E-state index in [2.05, 4.69) is 26.8 Å². The van der Waals surface area contributed by atoms with E-state index in [1.165, 1.54) is 6.92 Å². The Balaban J connectivity index is 2.32. The van der Waals surface area contributed by atoms with Gasteiger partial charge in [-0.1, -0.05) is 39.0 Å². The molecule has 3 rings (SSSR count). The van der Waals surface area contributed by atoms with Crippen LogP contribution >= 0.6 is 0 Å². The summed E-state index contributed by atoms with van der Waals surface area (Å²) in [4.78, 5) is 40.1. The molecule has 2 aliphatic rings. The fraction of sp³-hybridized carbons (Fsp3) is 0.700. The Bertz CT molecular complexity index is 1010. The van der Waals surface area contributed by atoms with E-state index in [1.807, 2.05) is 12.1 Å². The van der Waals surface area contributed by atoms with E-state index in [0.717, 1.165) is 24.0 Å². The Morgan fingerprint density at radius 3 is 2.21 bits per heavy atom. The second-order valence-corrected chi connectivity index (χ2v) is 11.9. The molecule has 0 radical (unpaired) electrons. The molecule has 1 aliphatic carbocycles. The molecule has 8 nitrogen and oxygen atoms in total. The zero-order chi connectivity index (χ0) is 28.3. The van der Waals surface area contributed by atoms with Crippen LogP contribution in [0.5, 0.6) is 0 Å². The number of aliphatic hydroxyl groups is 1. The highest BCUT2D eigenvalue weighted by atomic mass is 16.5. The molecule has 212 valence electrons. The average molecular weight is 533 g/mol. The fourth-order valence-electron chi connectivity index (χ4n) is 6.02. The van der Waals surface area contributed by atoms with E-state index in [1.54, 1.807) is 21.0 Å². The van der Waals surface area contributed by atoms with E-state index in [0.29, 0.717) is 25.4 Å². The lowest BCUT2D eigenvalue weighted by atomic mass is 9.60. The molecule has 0 amide bonds. The smallest absolute Gasteiger partial charge is 0.317 e. The van der Waals surface area contributed by atoms with Gasteiger partial charge in [0, 0.05) is 38.1 Å². The Kier molecular flexibility index (Phi) is 9.43. The van der Waals surface area contributed by atoms with Gasteiger partial charge in [-0.2, -0.15) is 0 Å². The first-order valence-electron chi connectivity index (χ1n) is 13.6. The van der Waals surface area contributed by atoms with Crippen LogP contribution in [0.1, 0.15) is 83.4 Å². The second-order valence-electron chi connectivity index (χ2n) is 11.9. The summed E-state index contributed by atoms with van der Waals surface area (Å²) in [5.74, 6) is -5.09. The summed E-state index contributed by atoms with van der Waals surface area (Å²) in [6, 6.07) is 6.11. The SMILES string of the molecule is CCOC(=O)C1C(=O)CC(C)(O)C(C(=O)OCC)C1c1cc(C(C)(C)C)cc(C2(COC)CCOCC2)c1. The molecule has 4 unspecified atom stereocenters. The molecule has 1 N–H and O–H groups in total. The second kappa shape index (κ2) is 11.8. The van der Waals surface area contributed by atoms with Crippen molar-refractivity contribution >= 4 is 17.7 Å². The van der Waals surface area contributed by atoms with Gasteiger partial charge in [0.15, 0.2) is 5.78 Å². The molecular formula is C30H44O8. The van der Waals surface area contributed by atoms with Gasteiger partial charge in [0.1, 0.15) is 5.92 Å². The van der Waals surface area contributed by atoms with E-state index in [9.17, 15) is 19.5 Å². The Hall–Kier alpha value is -2.29. The highest BCUT2D eigenvalue weighted by molar-refractivity contribution is 6.02. The van der Waals surface area contributed by atoms with E-state index in [-0.39, 0.29) is 30.5 Å². The molecule has 8 heteroatoms. The van der Waals surface area contributed by atoms with Crippen molar-refractivity contribution in [2.24, 2.45) is 11.8 Å². The first-order chi connectivity index (χ1) is 17.8. The molecule has 1 saturated heterocycles. The molecule has 38 heavy (non-hydrogen) atoms. The van der Waals surface area contributed by atoms with Gasteiger partial charge in [0.2, 0.25) is 0 Å². The lowest BCUT2D eigenvalue weighted by molar-refractivity contribution is -0.172. The Morgan fingerprint density at radius 2 is 1.66 bits per heavy atom. The number of ether oxygens (including phenoxy) is 4. The highest BCUT2D eigenvalue weighted by Crippen LogP contribution is 2.49. The Morgan fingerprint density at radius 1 is 1.05 bits per heavy atom. The van der Waals surface area contributed by atoms with Crippen molar-refractivity contribution in [2.75, 3.05) is 40.1 Å². The van der Waals surface area contributed by atoms with Crippen LogP contribution in [-0.2, 0) is 44.2 Å². The van der Waals surface area contributed by atoms with Crippen LogP contribution in [0, 0.1) is 11.8 Å². The van der Waals surface area contributed by atoms with E-state index in [4.69, 9.17) is 18.9 Å². The van der Waals surface area contributed by atoms with E-state index >= 15 is 0 Å². The number of esters is 2. The number of carbonyl (C=O) groups excluding carboxylic acids is 3. The molecule has 0 spiro atoms. The van der Waals surface area contributed by atoms with Crippen molar-refractivity contribution in [1.82, 2.24) is 0 Å². The predicted molar refractivity (Wildman–Crippen MR) is 142 cm³/mol. The van der Waals surface area contributed by atoms with Crippen molar-refractivity contribution in [3.63, 3.8) is 0 Å². The van der Waals surface area contributed by atoms with Gasteiger partial charge in [-0.15, -0.1) is 0 Å². The fourth-order valence-corrected chi connectivity index (χ4v) is 6.02. The van der Waals surface area contributed by atoms with Crippen molar-refractivity contribution in [3.8, 4) is 0 Å². The lowest BCUT2D eigenvalue weighted by Gasteiger charge is -2.44. The summed E-state index contributed by atoms with van der Waals surface area (Å²) in [7, 11) is 1.68. The Labute approximate surface area is 226 Å². The summed E-state index contributed by atoms with van der Waals surface area (Å²) < 4.78 is 22.1. The van der Waals surface area contributed by atoms with Crippen LogP contribution < -0.4 is 0 Å². The van der Waals surface area contributed by atoms with Gasteiger partial charge in [0.05, 0.1) is 31.3 Å². The number of hydrogen-bond acceptors (Lipinski definition) is 8. The number of ketones is 1. The third kappa shape index (κ3) is 6.13. The predicted octanol–water partition coefficient (Wildman–Crippen LogP) is 3.84. The number of methoxy groups -OCH3 is 1. The van der Waals surface area contributed by atoms with Gasteiger partial charge in [-0.05, 0) is 55.7 Å². The third-order valence-electron chi connectivity index (χ3n) is 8.04. The first kappa shape index (κ1) is 30.3. The van der Waals surface area contributed by atoms with Crippen LogP contribution in [0.3, 0.4) is 0 Å². The zero-order valence-electron chi connectivity index (χ0n) is 23.9. The van der Waals surface area contributed by atoms with Crippen molar-refractivity contribution < 1.29 is 38.4 Å². The third-order valence-corrected chi connectivity index (χ3v) is 8.04. The molecule has 1 saturated carbocycles. The quantitative estimate of drug-likeness (QED) is 0.397. The van der Waals surface area contributed by atoms with Crippen LogP contribution in [0.15, 0.2) is 18.2 Å². The van der Waals surface area contributed by atoms with Crippen LogP contribution in [0.25, 0.3) is 0 Å². The maximum Gasteiger partial charge on any atom is 0.317 e. The number of carbonyl (C=O) groups is 3. The maximum absolute atomic E-state index is 13.4. The summed E-state index contributed by atoms with van der Waals surface area (Å²) in [5, 5.41) is 11.4. The number of hydrogen-bond donors (Lipinski definition) is 1. The summed E-state index contributed by atoms with van der Waals surface area (Å²) in [5.41, 5.74) is 0.340. The largest absolute Gasteiger partial charge is 0.466 e. The molecule has 1 heterocycles. The van der Waals surface area contributed by atoms with Gasteiger partial charge in [-0.25, -0.2) is 0 Å². The molecule has 0 bridgehead atoms. The standard InChI is InChI=1S/C30H44O8/c1-8-37-26(32)24-22(31)17-29(6,34)25(27(33)38-9-2)23(24)19-14-20(28(3,4)5)16-21(15-19)30(18-35-7)10-12-36-13-11-30/h14-16,23-25,34H,8-13,17-18H2,1-7H3. The summed E-state index contributed by atoms with van der Waals surface area (Å²) >= 11 is 0. The van der Waals surface area contributed by atoms with Gasteiger partial charge in [0.25, 0.3) is 0 Å². The monoisotopic (exact) mass is 532 g/mol. The van der Waals surface area contributed by atoms with Gasteiger partial charge in [-0.3, -0.25) is 14.4 Å². The van der Waals surface area contributed by atoms with E-state index < -0.39 is 41.1 Å². The first-order valence-corrected chi connectivity index (χ1v) is 13.6. The molecule has 1 aliphatic heterocycles. The molecule has 1 aromatic carbocycles. The molecule has 2 fully saturated rings. The zero-order valence-corrected chi connectivity index (χ0v) is 23.9. The van der Waals surface area contributed by atoms with Crippen molar-refractivity contribution in [2.45, 2.75) is 83.2 Å². The van der Waals surface area contributed by atoms with Crippen LogP contribution in [0.4, 0.5) is 0 Å². The summed E-state index contributed by atoms with van der Waals surface area (Å²) in [6.45, 7) is 13.0. The normalized spacial score (nSPS) is 27.6. The topological polar surface area (TPSA) is 108 Å². The van der Waals surface area contributed by atoms with Crippen LogP contribution in [-0.4, -0.2) is 68.6 Å². The minimum absolute atomic E-state index is 0.0973. The number of benzene rings is 1. The molecule has 4 atom stereocenters. The molecule has 0 aromatic heterocycles. The number of Topliss-reactive ketones (excluding diaryl/α,β-unsaturated/α-hetero) is 1. The minimum Gasteiger partial charge on any atom is -0.466 e. The minimum atomic E-state index is -1.70. The van der Waals surface area contributed by atoms with Gasteiger partial charge < -0.3 is 24.1 Å². The van der Waals surface area contributed by atoms with Crippen molar-refractivity contribution in [3.05, 3.63) is 34.9 Å². The maximum atomic E-state index is 13.4. The average Bonchev–Trinajstić information content (AvgIpc) is 2.83.